The van der Waals surface area contributed by atoms with Crippen molar-refractivity contribution in [2.45, 2.75) is 6.04 Å². The third-order valence-electron chi connectivity index (χ3n) is 2.76. The monoisotopic (exact) mass is 240 g/mol. The fourth-order valence-electron chi connectivity index (χ4n) is 1.87. The van der Waals surface area contributed by atoms with Gasteiger partial charge >= 0.3 is 0 Å². The highest BCUT2D eigenvalue weighted by atomic mass is 16.1. The molecule has 0 unspecified atom stereocenters. The Hall–Kier alpha value is -2.13. The lowest BCUT2D eigenvalue weighted by Crippen LogP contribution is -2.34. The molecule has 0 saturated carbocycles. The van der Waals surface area contributed by atoms with Crippen LogP contribution in [0.1, 0.15) is 17.2 Å². The first-order chi connectivity index (χ1) is 8.81. The average molecular weight is 240 g/mol. The number of rotatable bonds is 4. The van der Waals surface area contributed by atoms with Gasteiger partial charge in [-0.25, -0.2) is 0 Å². The first-order valence-corrected chi connectivity index (χ1v) is 5.90. The van der Waals surface area contributed by atoms with Gasteiger partial charge in [-0.15, -0.1) is 0 Å². The zero-order valence-corrected chi connectivity index (χ0v) is 10.0. The summed E-state index contributed by atoms with van der Waals surface area (Å²) < 4.78 is 0. The molecule has 0 heterocycles. The third-order valence-corrected chi connectivity index (χ3v) is 2.76. The molecule has 92 valence electrons. The second-order valence-electron chi connectivity index (χ2n) is 4.03. The lowest BCUT2D eigenvalue weighted by atomic mass is 9.99. The van der Waals surface area contributed by atoms with Crippen molar-refractivity contribution in [3.05, 3.63) is 71.8 Å². The van der Waals surface area contributed by atoms with Gasteiger partial charge in [-0.05, 0) is 11.1 Å². The maximum Gasteiger partial charge on any atom is 0.234 e. The Balaban J connectivity index is 2.32. The third kappa shape index (κ3) is 2.96. The lowest BCUT2D eigenvalue weighted by Gasteiger charge is -2.19. The highest BCUT2D eigenvalue weighted by Crippen LogP contribution is 2.21. The smallest absolute Gasteiger partial charge is 0.234 e. The molecular weight excluding hydrogens is 224 g/mol. The van der Waals surface area contributed by atoms with Crippen LogP contribution in [0.25, 0.3) is 0 Å². The Morgan fingerprint density at radius 3 is 1.78 bits per heavy atom. The van der Waals surface area contributed by atoms with Crippen molar-refractivity contribution in [3.8, 4) is 0 Å². The fourth-order valence-corrected chi connectivity index (χ4v) is 1.87. The largest absolute Gasteiger partial charge is 0.344 e. The molecule has 0 aliphatic heterocycles. The molecule has 2 aromatic carbocycles. The molecule has 0 aromatic heterocycles. The van der Waals surface area contributed by atoms with Gasteiger partial charge in [0.15, 0.2) is 0 Å². The van der Waals surface area contributed by atoms with Gasteiger partial charge in [0.1, 0.15) is 0 Å². The van der Waals surface area contributed by atoms with Crippen molar-refractivity contribution in [2.75, 3.05) is 6.54 Å². The minimum absolute atomic E-state index is 0.00380. The summed E-state index contributed by atoms with van der Waals surface area (Å²) >= 11 is 0. The van der Waals surface area contributed by atoms with E-state index in [9.17, 15) is 4.79 Å². The molecule has 0 radical (unpaired) electrons. The summed E-state index contributed by atoms with van der Waals surface area (Å²) in [7, 11) is 0. The van der Waals surface area contributed by atoms with Gasteiger partial charge in [0.2, 0.25) is 5.91 Å². The van der Waals surface area contributed by atoms with Gasteiger partial charge in [-0.2, -0.15) is 0 Å². The highest BCUT2D eigenvalue weighted by molar-refractivity contribution is 5.78. The standard InChI is InChI=1S/C15H16N2O/c16-11-14(18)17-15(12-7-3-1-4-8-12)13-9-5-2-6-10-13/h1-10,15H,11,16H2,(H,17,18). The van der Waals surface area contributed by atoms with E-state index in [1.807, 2.05) is 60.7 Å². The van der Waals surface area contributed by atoms with E-state index in [0.717, 1.165) is 11.1 Å². The van der Waals surface area contributed by atoms with Crippen LogP contribution in [0.15, 0.2) is 60.7 Å². The van der Waals surface area contributed by atoms with Crippen molar-refractivity contribution in [3.63, 3.8) is 0 Å². The normalized spacial score (nSPS) is 10.3. The maximum atomic E-state index is 11.5. The highest BCUT2D eigenvalue weighted by Gasteiger charge is 2.15. The Bertz CT molecular complexity index is 457. The molecule has 0 fully saturated rings. The molecule has 3 nitrogen and oxygen atoms in total. The van der Waals surface area contributed by atoms with Crippen LogP contribution in [0, 0.1) is 0 Å². The SMILES string of the molecule is NCC(=O)NC(c1ccccc1)c1ccccc1. The Morgan fingerprint density at radius 1 is 0.944 bits per heavy atom. The number of nitrogens with two attached hydrogens (primary N) is 1. The van der Waals surface area contributed by atoms with Crippen LogP contribution in [0.2, 0.25) is 0 Å². The number of benzene rings is 2. The number of hydrogen-bond donors (Lipinski definition) is 2. The van der Waals surface area contributed by atoms with E-state index in [0.29, 0.717) is 0 Å². The van der Waals surface area contributed by atoms with E-state index in [2.05, 4.69) is 5.32 Å². The van der Waals surface area contributed by atoms with Crippen molar-refractivity contribution >= 4 is 5.91 Å². The summed E-state index contributed by atoms with van der Waals surface area (Å²) in [4.78, 5) is 11.5. The second kappa shape index (κ2) is 5.98. The number of carbonyl (C=O) groups is 1. The van der Waals surface area contributed by atoms with E-state index < -0.39 is 0 Å². The predicted molar refractivity (Wildman–Crippen MR) is 71.9 cm³/mol. The first-order valence-electron chi connectivity index (χ1n) is 5.90. The Labute approximate surface area is 107 Å². The van der Waals surface area contributed by atoms with E-state index >= 15 is 0 Å². The molecule has 0 aliphatic rings. The Kier molecular flexibility index (Phi) is 4.10. The molecule has 2 rings (SSSR count). The van der Waals surface area contributed by atoms with Crippen LogP contribution in [-0.4, -0.2) is 12.5 Å². The summed E-state index contributed by atoms with van der Waals surface area (Å²) in [5.74, 6) is -0.160. The quantitative estimate of drug-likeness (QED) is 0.857. The van der Waals surface area contributed by atoms with Crippen LogP contribution < -0.4 is 11.1 Å². The molecule has 0 aliphatic carbocycles. The zero-order valence-electron chi connectivity index (χ0n) is 10.0. The van der Waals surface area contributed by atoms with Crippen LogP contribution in [0.4, 0.5) is 0 Å². The van der Waals surface area contributed by atoms with E-state index in [4.69, 9.17) is 5.73 Å². The predicted octanol–water partition coefficient (Wildman–Crippen LogP) is 1.85. The first kappa shape index (κ1) is 12.3. The van der Waals surface area contributed by atoms with Gasteiger partial charge in [-0.1, -0.05) is 60.7 Å². The van der Waals surface area contributed by atoms with Crippen LogP contribution >= 0.6 is 0 Å². The number of nitrogens with one attached hydrogen (secondary N) is 1. The summed E-state index contributed by atoms with van der Waals surface area (Å²) in [5, 5.41) is 2.94. The molecule has 18 heavy (non-hydrogen) atoms. The number of hydrogen-bond acceptors (Lipinski definition) is 2. The van der Waals surface area contributed by atoms with Crippen molar-refractivity contribution in [2.24, 2.45) is 5.73 Å². The summed E-state index contributed by atoms with van der Waals surface area (Å²) in [6, 6.07) is 19.6. The fraction of sp³-hybridized carbons (Fsp3) is 0.133. The summed E-state index contributed by atoms with van der Waals surface area (Å²) in [5.41, 5.74) is 7.46. The lowest BCUT2D eigenvalue weighted by molar-refractivity contribution is -0.120. The van der Waals surface area contributed by atoms with E-state index in [-0.39, 0.29) is 18.5 Å². The molecule has 3 N–H and O–H groups in total. The van der Waals surface area contributed by atoms with Crippen LogP contribution in [-0.2, 0) is 4.79 Å². The van der Waals surface area contributed by atoms with Gasteiger partial charge in [0.05, 0.1) is 12.6 Å². The average Bonchev–Trinajstić information content (AvgIpc) is 2.46. The molecule has 3 heteroatoms. The minimum atomic E-state index is -0.160. The second-order valence-corrected chi connectivity index (χ2v) is 4.03. The molecule has 0 atom stereocenters. The van der Waals surface area contributed by atoms with Crippen molar-refractivity contribution < 1.29 is 4.79 Å². The van der Waals surface area contributed by atoms with Gasteiger partial charge in [0, 0.05) is 0 Å². The molecule has 0 spiro atoms. The maximum absolute atomic E-state index is 11.5. The molecule has 0 saturated heterocycles. The van der Waals surface area contributed by atoms with Crippen LogP contribution in [0.3, 0.4) is 0 Å². The van der Waals surface area contributed by atoms with Gasteiger partial charge < -0.3 is 11.1 Å². The van der Waals surface area contributed by atoms with Gasteiger partial charge in [-0.3, -0.25) is 4.79 Å². The van der Waals surface area contributed by atoms with E-state index in [1.165, 1.54) is 0 Å². The summed E-state index contributed by atoms with van der Waals surface area (Å²) in [6.07, 6.45) is 0. The molecule has 2 aromatic rings. The number of amides is 1. The van der Waals surface area contributed by atoms with Crippen LogP contribution in [0.5, 0.6) is 0 Å². The summed E-state index contributed by atoms with van der Waals surface area (Å²) in [6.45, 7) is -0.00380. The molecule has 1 amide bonds. The van der Waals surface area contributed by atoms with E-state index in [1.54, 1.807) is 0 Å². The van der Waals surface area contributed by atoms with Gasteiger partial charge in [0.25, 0.3) is 0 Å². The zero-order chi connectivity index (χ0) is 12.8. The Morgan fingerprint density at radius 2 is 1.39 bits per heavy atom. The molecule has 0 bridgehead atoms. The topological polar surface area (TPSA) is 55.1 Å². The molecular formula is C15H16N2O. The van der Waals surface area contributed by atoms with Crippen molar-refractivity contribution in [1.29, 1.82) is 0 Å². The number of carbonyl (C=O) groups excluding carboxylic acids is 1. The van der Waals surface area contributed by atoms with Crippen molar-refractivity contribution in [1.82, 2.24) is 5.32 Å². The minimum Gasteiger partial charge on any atom is -0.344 e.